The maximum atomic E-state index is 14.7. The first kappa shape index (κ1) is 29.1. The summed E-state index contributed by atoms with van der Waals surface area (Å²) in [6.07, 6.45) is 0.444. The van der Waals surface area contributed by atoms with Gasteiger partial charge in [0.15, 0.2) is 5.67 Å². The molecular formula is C17H37FN2O8Si2. The molecule has 0 aromatic heterocycles. The quantitative estimate of drug-likeness (QED) is 0.237. The van der Waals surface area contributed by atoms with Gasteiger partial charge < -0.3 is 37.2 Å². The van der Waals surface area contributed by atoms with E-state index in [4.69, 9.17) is 26.6 Å². The molecule has 0 bridgehead atoms. The molecule has 2 N–H and O–H groups in total. The van der Waals surface area contributed by atoms with Crippen molar-refractivity contribution in [2.75, 3.05) is 55.7 Å². The lowest BCUT2D eigenvalue weighted by Crippen LogP contribution is -2.46. The monoisotopic (exact) mass is 472 g/mol. The number of amides is 2. The second-order valence-electron chi connectivity index (χ2n) is 6.78. The lowest BCUT2D eigenvalue weighted by molar-refractivity contribution is -0.137. The van der Waals surface area contributed by atoms with E-state index in [2.05, 4.69) is 10.6 Å². The second-order valence-corrected chi connectivity index (χ2v) is 13.0. The van der Waals surface area contributed by atoms with Crippen LogP contribution in [0.25, 0.3) is 0 Å². The Hall–Kier alpha value is -0.936. The van der Waals surface area contributed by atoms with E-state index in [0.717, 1.165) is 6.92 Å². The van der Waals surface area contributed by atoms with Crippen LogP contribution in [0.5, 0.6) is 0 Å². The molecule has 0 rings (SSSR count). The molecule has 0 heterocycles. The van der Waals surface area contributed by atoms with Crippen LogP contribution in [-0.2, 0) is 36.1 Å². The number of alkyl halides is 1. The molecule has 30 heavy (non-hydrogen) atoms. The Morgan fingerprint density at radius 2 is 1.13 bits per heavy atom. The van der Waals surface area contributed by atoms with Crippen LogP contribution in [0.15, 0.2) is 0 Å². The summed E-state index contributed by atoms with van der Waals surface area (Å²) >= 11 is 0. The molecule has 1 atom stereocenters. The fourth-order valence-electron chi connectivity index (χ4n) is 2.78. The number of hydrogen-bond donors (Lipinski definition) is 2. The number of rotatable bonds is 17. The maximum Gasteiger partial charge on any atom is 0.500 e. The van der Waals surface area contributed by atoms with E-state index in [1.54, 1.807) is 0 Å². The maximum absolute atomic E-state index is 14.7. The van der Waals surface area contributed by atoms with Crippen LogP contribution in [0.1, 0.15) is 26.2 Å². The zero-order valence-electron chi connectivity index (χ0n) is 19.1. The summed E-state index contributed by atoms with van der Waals surface area (Å²) in [5, 5.41) is 5.10. The van der Waals surface area contributed by atoms with Crippen LogP contribution < -0.4 is 10.6 Å². The Kier molecular flexibility index (Phi) is 13.7. The molecule has 0 aliphatic carbocycles. The summed E-state index contributed by atoms with van der Waals surface area (Å²) < 4.78 is 46.4. The highest BCUT2D eigenvalue weighted by Gasteiger charge is 2.39. The van der Waals surface area contributed by atoms with Crippen molar-refractivity contribution in [3.8, 4) is 0 Å². The summed E-state index contributed by atoms with van der Waals surface area (Å²) in [5.74, 6) is -1.40. The topological polar surface area (TPSA) is 114 Å². The van der Waals surface area contributed by atoms with Gasteiger partial charge in [-0.2, -0.15) is 0 Å². The average molecular weight is 473 g/mol. The normalized spacial score (nSPS) is 14.3. The lowest BCUT2D eigenvalue weighted by atomic mass is 10.0. The van der Waals surface area contributed by atoms with Gasteiger partial charge in [-0.3, -0.25) is 9.59 Å². The highest BCUT2D eigenvalue weighted by Crippen LogP contribution is 2.18. The van der Waals surface area contributed by atoms with Gasteiger partial charge in [-0.1, -0.05) is 0 Å². The summed E-state index contributed by atoms with van der Waals surface area (Å²) in [4.78, 5) is 24.1. The van der Waals surface area contributed by atoms with Crippen molar-refractivity contribution in [3.05, 3.63) is 0 Å². The van der Waals surface area contributed by atoms with Crippen molar-refractivity contribution in [2.45, 2.75) is 43.9 Å². The van der Waals surface area contributed by atoms with Crippen molar-refractivity contribution in [2.24, 2.45) is 0 Å². The molecule has 1 unspecified atom stereocenters. The first-order valence-corrected chi connectivity index (χ1v) is 13.5. The largest absolute Gasteiger partial charge is 0.500 e. The van der Waals surface area contributed by atoms with E-state index in [-0.39, 0.29) is 6.54 Å². The van der Waals surface area contributed by atoms with Crippen LogP contribution in [0.2, 0.25) is 12.1 Å². The smallest absolute Gasteiger partial charge is 0.377 e. The molecule has 0 fully saturated rings. The van der Waals surface area contributed by atoms with Gasteiger partial charge in [0.05, 0.1) is 6.42 Å². The number of carbonyl (C=O) groups is 2. The first-order chi connectivity index (χ1) is 14.1. The number of carbonyl (C=O) groups excluding carboxylic acids is 2. The third-order valence-corrected chi connectivity index (χ3v) is 10.4. The van der Waals surface area contributed by atoms with Crippen molar-refractivity contribution < 1.29 is 40.5 Å². The molecule has 0 radical (unpaired) electrons. The van der Waals surface area contributed by atoms with E-state index >= 15 is 0 Å². The zero-order valence-corrected chi connectivity index (χ0v) is 21.1. The van der Waals surface area contributed by atoms with Crippen LogP contribution in [0.3, 0.4) is 0 Å². The van der Waals surface area contributed by atoms with Gasteiger partial charge in [0.1, 0.15) is 0 Å². The van der Waals surface area contributed by atoms with Gasteiger partial charge in [-0.25, -0.2) is 4.39 Å². The fourth-order valence-corrected chi connectivity index (χ4v) is 6.22. The predicted molar refractivity (Wildman–Crippen MR) is 113 cm³/mol. The fraction of sp³-hybridized carbons (Fsp3) is 0.882. The van der Waals surface area contributed by atoms with Crippen LogP contribution in [0, 0.1) is 0 Å². The summed E-state index contributed by atoms with van der Waals surface area (Å²) in [5.41, 5.74) is -2.33. The molecule has 0 saturated heterocycles. The van der Waals surface area contributed by atoms with Gasteiger partial charge in [0, 0.05) is 67.8 Å². The SMILES string of the molecule is CO[Si](CCCNC(=O)CC(C)(F)C(=O)NCCC[Si](OC)(OC)OC)(OC)OC. The number of nitrogens with one attached hydrogen (secondary N) is 2. The summed E-state index contributed by atoms with van der Waals surface area (Å²) in [7, 11) is 3.57. The van der Waals surface area contributed by atoms with Crippen LogP contribution in [0.4, 0.5) is 4.39 Å². The molecule has 0 spiro atoms. The Morgan fingerprint density at radius 3 is 1.50 bits per heavy atom. The van der Waals surface area contributed by atoms with Gasteiger partial charge in [0.25, 0.3) is 5.91 Å². The zero-order chi connectivity index (χ0) is 23.3. The van der Waals surface area contributed by atoms with Gasteiger partial charge in [0.2, 0.25) is 5.91 Å². The van der Waals surface area contributed by atoms with E-state index in [1.807, 2.05) is 0 Å². The minimum absolute atomic E-state index is 0.211. The molecule has 0 saturated carbocycles. The van der Waals surface area contributed by atoms with E-state index in [9.17, 15) is 14.0 Å². The van der Waals surface area contributed by atoms with Crippen LogP contribution in [-0.4, -0.2) is 90.8 Å². The highest BCUT2D eigenvalue weighted by molar-refractivity contribution is 6.60. The molecule has 10 nitrogen and oxygen atoms in total. The lowest BCUT2D eigenvalue weighted by Gasteiger charge is -2.25. The Bertz CT molecular complexity index is 503. The molecule has 0 aliphatic rings. The third kappa shape index (κ3) is 9.47. The molecule has 13 heteroatoms. The van der Waals surface area contributed by atoms with Crippen molar-refractivity contribution >= 4 is 29.4 Å². The first-order valence-electron chi connectivity index (χ1n) is 9.64. The van der Waals surface area contributed by atoms with E-state index in [1.165, 1.54) is 42.7 Å². The number of halogens is 1. The van der Waals surface area contributed by atoms with Gasteiger partial charge in [-0.15, -0.1) is 0 Å². The standard InChI is InChI=1S/C17H37FN2O8Si2/c1-17(18,16(22)20-11-9-13-30(26-5,27-6)28-7)14-15(21)19-10-8-12-29(23-2,24-3)25-4/h8-14H2,1-7H3,(H,19,21)(H,20,22). The van der Waals surface area contributed by atoms with E-state index < -0.39 is 41.5 Å². The molecule has 178 valence electrons. The third-order valence-electron chi connectivity index (χ3n) is 4.76. The summed E-state index contributed by atoms with van der Waals surface area (Å²) in [6, 6.07) is 0.967. The predicted octanol–water partition coefficient (Wildman–Crippen LogP) is 0.874. The molecule has 0 aliphatic heterocycles. The Morgan fingerprint density at radius 1 is 0.767 bits per heavy atom. The molecule has 2 amide bonds. The van der Waals surface area contributed by atoms with Crippen molar-refractivity contribution in [1.29, 1.82) is 0 Å². The van der Waals surface area contributed by atoms with E-state index in [0.29, 0.717) is 31.5 Å². The Balaban J connectivity index is 4.33. The second kappa shape index (κ2) is 14.2. The molecule has 0 aromatic rings. The molecular weight excluding hydrogens is 435 g/mol. The number of hydrogen-bond acceptors (Lipinski definition) is 8. The average Bonchev–Trinajstić information content (AvgIpc) is 2.74. The highest BCUT2D eigenvalue weighted by atomic mass is 28.4. The van der Waals surface area contributed by atoms with Gasteiger partial charge >= 0.3 is 17.6 Å². The molecule has 0 aromatic carbocycles. The Labute approximate surface area is 180 Å². The van der Waals surface area contributed by atoms with Crippen LogP contribution >= 0.6 is 0 Å². The minimum Gasteiger partial charge on any atom is -0.377 e. The van der Waals surface area contributed by atoms with Gasteiger partial charge in [-0.05, 0) is 19.8 Å². The van der Waals surface area contributed by atoms with Crippen molar-refractivity contribution in [3.63, 3.8) is 0 Å². The van der Waals surface area contributed by atoms with Crippen molar-refractivity contribution in [1.82, 2.24) is 10.6 Å². The minimum atomic E-state index is -2.74. The summed E-state index contributed by atoms with van der Waals surface area (Å²) in [6.45, 7) is 1.58.